The molecule has 5 N–H and O–H groups in total. The Balaban J connectivity index is 0.000000426. The van der Waals surface area contributed by atoms with E-state index < -0.39 is 24.3 Å². The number of hydrogen-bond donors (Lipinski definition) is 4. The lowest BCUT2D eigenvalue weighted by atomic mass is 10.1. The lowest BCUT2D eigenvalue weighted by Gasteiger charge is -2.11. The number of carboxylic acids is 2. The van der Waals surface area contributed by atoms with Crippen molar-refractivity contribution >= 4 is 28.7 Å². The lowest BCUT2D eigenvalue weighted by Crippen LogP contribution is -2.21. The number of nitrogens with one attached hydrogen (secondary N) is 1. The van der Waals surface area contributed by atoms with Crippen molar-refractivity contribution in [3.8, 4) is 5.75 Å². The number of fused-ring (bicyclic) bond motifs is 1. The van der Waals surface area contributed by atoms with Crippen LogP contribution >= 0.6 is 0 Å². The van der Waals surface area contributed by atoms with Crippen molar-refractivity contribution in [1.82, 2.24) is 10.3 Å². The van der Waals surface area contributed by atoms with Crippen molar-refractivity contribution in [2.24, 2.45) is 0 Å². The molecule has 0 atom stereocenters. The van der Waals surface area contributed by atoms with Crippen LogP contribution in [0.25, 0.3) is 10.9 Å². The molecule has 2 aromatic carbocycles. The summed E-state index contributed by atoms with van der Waals surface area (Å²) in [6.45, 7) is 3.50. The third-order valence-corrected chi connectivity index (χ3v) is 4.48. The topological polar surface area (TPSA) is 135 Å². The van der Waals surface area contributed by atoms with E-state index in [-0.39, 0.29) is 0 Å². The van der Waals surface area contributed by atoms with Gasteiger partial charge in [0.2, 0.25) is 0 Å². The molecule has 0 aliphatic rings. The molecule has 0 bridgehead atoms. The number of nitrogens with zero attached hydrogens (tertiary/aromatic N) is 1. The maximum Gasteiger partial charge on any atom is 0.490 e. The van der Waals surface area contributed by atoms with Crippen LogP contribution in [-0.4, -0.2) is 46.5 Å². The number of nitrogen functional groups attached to an aromatic ring is 1. The number of aryl methyl sites for hydroxylation is 1. The normalized spacial score (nSPS) is 11.1. The Morgan fingerprint density at radius 1 is 0.895 bits per heavy atom. The van der Waals surface area contributed by atoms with Crippen molar-refractivity contribution in [2.45, 2.75) is 38.8 Å². The molecular formula is C24H25F6N3O5. The quantitative estimate of drug-likeness (QED) is 0.318. The van der Waals surface area contributed by atoms with Gasteiger partial charge in [-0.15, -0.1) is 0 Å². The molecule has 0 radical (unpaired) electrons. The van der Waals surface area contributed by atoms with Crippen LogP contribution in [0, 0.1) is 0 Å². The number of carboxylic acid groups (broad SMARTS) is 2. The Bertz CT molecular complexity index is 1210. The highest BCUT2D eigenvalue weighted by atomic mass is 19.4. The molecule has 0 unspecified atom stereocenters. The van der Waals surface area contributed by atoms with Crippen molar-refractivity contribution in [2.75, 3.05) is 12.8 Å². The second-order valence-electron chi connectivity index (χ2n) is 7.53. The Kier molecular flexibility index (Phi) is 11.8. The van der Waals surface area contributed by atoms with Crippen LogP contribution in [0.3, 0.4) is 0 Å². The summed E-state index contributed by atoms with van der Waals surface area (Å²) in [5.74, 6) is -4.08. The number of halogens is 6. The third-order valence-electron chi connectivity index (χ3n) is 4.48. The highest BCUT2D eigenvalue weighted by Gasteiger charge is 2.38. The van der Waals surface area contributed by atoms with Crippen molar-refractivity contribution < 1.29 is 50.9 Å². The number of pyridine rings is 1. The van der Waals surface area contributed by atoms with E-state index in [2.05, 4.69) is 47.6 Å². The first-order valence-electron chi connectivity index (χ1n) is 10.7. The van der Waals surface area contributed by atoms with Gasteiger partial charge in [0.25, 0.3) is 0 Å². The average Bonchev–Trinajstić information content (AvgIpc) is 2.82. The standard InChI is InChI=1S/C20H23N3O.2C2HF3O2/c1-3-14-8-16(12-22-2)10-18(9-14)24-13-15-4-5-17-6-7-20(21)23-19(17)11-15;2*3-2(4,5)1(6)7/h4-11,22H,3,12-13H2,1-2H3,(H2,21,23);2*(H,6,7). The second kappa shape index (κ2) is 14.0. The number of anilines is 1. The van der Waals surface area contributed by atoms with Gasteiger partial charge < -0.3 is 26.0 Å². The molecule has 3 aromatic rings. The van der Waals surface area contributed by atoms with Crippen LogP contribution in [0.15, 0.2) is 48.5 Å². The summed E-state index contributed by atoms with van der Waals surface area (Å²) >= 11 is 0. The average molecular weight is 549 g/mol. The number of carbonyl (C=O) groups is 2. The van der Waals surface area contributed by atoms with E-state index in [0.717, 1.165) is 35.2 Å². The molecule has 0 aliphatic carbocycles. The van der Waals surface area contributed by atoms with Crippen LogP contribution < -0.4 is 15.8 Å². The molecule has 0 aliphatic heterocycles. The Morgan fingerprint density at radius 2 is 1.42 bits per heavy atom. The molecule has 0 saturated heterocycles. The zero-order chi connectivity index (χ0) is 29.1. The van der Waals surface area contributed by atoms with Gasteiger partial charge in [-0.25, -0.2) is 14.6 Å². The van der Waals surface area contributed by atoms with Gasteiger partial charge in [0.15, 0.2) is 0 Å². The minimum absolute atomic E-state index is 0.512. The van der Waals surface area contributed by atoms with E-state index in [4.69, 9.17) is 30.3 Å². The fourth-order valence-corrected chi connectivity index (χ4v) is 2.76. The molecule has 0 fully saturated rings. The number of alkyl halides is 6. The Hall–Kier alpha value is -4.07. The molecule has 1 heterocycles. The summed E-state index contributed by atoms with van der Waals surface area (Å²) in [5, 5.41) is 18.5. The number of nitrogens with two attached hydrogens (primary N) is 1. The third kappa shape index (κ3) is 11.3. The van der Waals surface area contributed by atoms with E-state index in [9.17, 15) is 26.3 Å². The lowest BCUT2D eigenvalue weighted by molar-refractivity contribution is -0.193. The van der Waals surface area contributed by atoms with Crippen LogP contribution in [-0.2, 0) is 29.2 Å². The summed E-state index contributed by atoms with van der Waals surface area (Å²) in [5.41, 5.74) is 10.3. The van der Waals surface area contributed by atoms with E-state index in [1.165, 1.54) is 11.1 Å². The zero-order valence-electron chi connectivity index (χ0n) is 20.2. The fourth-order valence-electron chi connectivity index (χ4n) is 2.76. The molecule has 14 heteroatoms. The maximum atomic E-state index is 10.6. The summed E-state index contributed by atoms with van der Waals surface area (Å²) in [7, 11) is 1.95. The Morgan fingerprint density at radius 3 is 1.92 bits per heavy atom. The minimum Gasteiger partial charge on any atom is -0.489 e. The van der Waals surface area contributed by atoms with Gasteiger partial charge in [0.05, 0.1) is 5.52 Å². The van der Waals surface area contributed by atoms with E-state index in [1.54, 1.807) is 0 Å². The van der Waals surface area contributed by atoms with Crippen molar-refractivity contribution in [1.29, 1.82) is 0 Å². The van der Waals surface area contributed by atoms with Gasteiger partial charge in [0.1, 0.15) is 18.2 Å². The van der Waals surface area contributed by atoms with E-state index in [1.807, 2.05) is 25.2 Å². The summed E-state index contributed by atoms with van der Waals surface area (Å²) in [6, 6.07) is 16.4. The zero-order valence-corrected chi connectivity index (χ0v) is 20.2. The van der Waals surface area contributed by atoms with Gasteiger partial charge in [-0.2, -0.15) is 26.3 Å². The Labute approximate surface area is 213 Å². The van der Waals surface area contributed by atoms with Crippen LogP contribution in [0.4, 0.5) is 32.2 Å². The number of benzene rings is 2. The molecule has 1 aromatic heterocycles. The largest absolute Gasteiger partial charge is 0.490 e. The summed E-state index contributed by atoms with van der Waals surface area (Å²) in [4.78, 5) is 22.2. The highest BCUT2D eigenvalue weighted by molar-refractivity contribution is 5.80. The number of aliphatic carboxylic acids is 2. The fraction of sp³-hybridized carbons (Fsp3) is 0.292. The smallest absolute Gasteiger partial charge is 0.489 e. The molecule has 38 heavy (non-hydrogen) atoms. The maximum absolute atomic E-state index is 10.6. The van der Waals surface area contributed by atoms with Crippen LogP contribution in [0.5, 0.6) is 5.75 Å². The monoisotopic (exact) mass is 549 g/mol. The molecule has 208 valence electrons. The molecule has 0 spiro atoms. The molecule has 0 saturated carbocycles. The minimum atomic E-state index is -5.08. The second-order valence-corrected chi connectivity index (χ2v) is 7.53. The van der Waals surface area contributed by atoms with E-state index >= 15 is 0 Å². The van der Waals surface area contributed by atoms with Gasteiger partial charge in [0, 0.05) is 11.9 Å². The SMILES string of the molecule is CCc1cc(CNC)cc(OCc2ccc3ccc(N)nc3c2)c1.O=C(O)C(F)(F)F.O=C(O)C(F)(F)F. The van der Waals surface area contributed by atoms with E-state index in [0.29, 0.717) is 12.4 Å². The highest BCUT2D eigenvalue weighted by Crippen LogP contribution is 2.21. The van der Waals surface area contributed by atoms with Gasteiger partial charge in [-0.3, -0.25) is 0 Å². The summed E-state index contributed by atoms with van der Waals surface area (Å²) in [6.07, 6.45) is -9.17. The van der Waals surface area contributed by atoms with Crippen LogP contribution in [0.2, 0.25) is 0 Å². The summed E-state index contributed by atoms with van der Waals surface area (Å²) < 4.78 is 69.5. The number of aromatic nitrogens is 1. The van der Waals surface area contributed by atoms with Crippen molar-refractivity contribution in [3.05, 3.63) is 65.2 Å². The van der Waals surface area contributed by atoms with Crippen molar-refractivity contribution in [3.63, 3.8) is 0 Å². The van der Waals surface area contributed by atoms with Gasteiger partial charge in [-0.05, 0) is 60.5 Å². The molecule has 3 rings (SSSR count). The number of ether oxygens (including phenoxy) is 1. The first kappa shape index (κ1) is 32.0. The number of hydrogen-bond acceptors (Lipinski definition) is 6. The molecular weight excluding hydrogens is 524 g/mol. The van der Waals surface area contributed by atoms with Gasteiger partial charge >= 0.3 is 24.3 Å². The molecule has 8 nitrogen and oxygen atoms in total. The number of rotatable bonds is 6. The predicted octanol–water partition coefficient (Wildman–Crippen LogP) is 4.94. The molecule has 0 amide bonds. The first-order valence-corrected chi connectivity index (χ1v) is 10.7. The van der Waals surface area contributed by atoms with Gasteiger partial charge in [-0.1, -0.05) is 25.1 Å². The first-order chi connectivity index (χ1) is 17.6. The van der Waals surface area contributed by atoms with Crippen LogP contribution in [0.1, 0.15) is 23.6 Å². The predicted molar refractivity (Wildman–Crippen MR) is 126 cm³/mol.